The van der Waals surface area contributed by atoms with E-state index in [1.165, 1.54) is 0 Å². The summed E-state index contributed by atoms with van der Waals surface area (Å²) in [6.45, 7) is 2.39. The van der Waals surface area contributed by atoms with Gasteiger partial charge in [-0.15, -0.1) is 0 Å². The number of pyridine rings is 1. The molecule has 18 heavy (non-hydrogen) atoms. The lowest BCUT2D eigenvalue weighted by Crippen LogP contribution is -2.39. The van der Waals surface area contributed by atoms with Gasteiger partial charge >= 0.3 is 12.0 Å². The Balaban J connectivity index is 2.12. The van der Waals surface area contributed by atoms with Crippen LogP contribution in [0.4, 0.5) is 4.79 Å². The molecule has 0 aliphatic carbocycles. The molecule has 0 atom stereocenters. The number of ether oxygens (including phenoxy) is 1. The Kier molecular flexibility index (Phi) is 6.24. The number of amides is 2. The maximum absolute atomic E-state index is 11.3. The third kappa shape index (κ3) is 5.83. The number of nitrogens with zero attached hydrogens (tertiary/aromatic N) is 1. The van der Waals surface area contributed by atoms with Gasteiger partial charge in [0.25, 0.3) is 0 Å². The first-order chi connectivity index (χ1) is 8.72. The summed E-state index contributed by atoms with van der Waals surface area (Å²) in [6, 6.07) is 3.40. The fraction of sp³-hybridized carbons (Fsp3) is 0.417. The average Bonchev–Trinajstić information content (AvgIpc) is 2.38. The van der Waals surface area contributed by atoms with Crippen LogP contribution in [-0.4, -0.2) is 36.7 Å². The second-order valence-corrected chi connectivity index (χ2v) is 3.53. The SMILES string of the molecule is CCOC(=O)CNC(=O)NCCc1cccnc1. The summed E-state index contributed by atoms with van der Waals surface area (Å²) in [6.07, 6.45) is 4.14. The van der Waals surface area contributed by atoms with Crippen LogP contribution in [0.5, 0.6) is 0 Å². The quantitative estimate of drug-likeness (QED) is 0.721. The van der Waals surface area contributed by atoms with E-state index in [9.17, 15) is 9.59 Å². The van der Waals surface area contributed by atoms with Gasteiger partial charge in [0.2, 0.25) is 0 Å². The first-order valence-electron chi connectivity index (χ1n) is 5.78. The minimum atomic E-state index is -0.445. The van der Waals surface area contributed by atoms with E-state index < -0.39 is 5.97 Å². The molecule has 0 unspecified atom stereocenters. The van der Waals surface area contributed by atoms with Crippen molar-refractivity contribution in [1.82, 2.24) is 15.6 Å². The minimum Gasteiger partial charge on any atom is -0.465 e. The highest BCUT2D eigenvalue weighted by atomic mass is 16.5. The molecule has 0 spiro atoms. The number of aromatic nitrogens is 1. The highest BCUT2D eigenvalue weighted by Crippen LogP contribution is 1.95. The van der Waals surface area contributed by atoms with Crippen molar-refractivity contribution in [3.8, 4) is 0 Å². The molecule has 1 aromatic heterocycles. The van der Waals surface area contributed by atoms with Gasteiger partial charge in [-0.1, -0.05) is 6.07 Å². The molecule has 6 nitrogen and oxygen atoms in total. The molecule has 1 aromatic rings. The minimum absolute atomic E-state index is 0.118. The predicted molar refractivity (Wildman–Crippen MR) is 66.0 cm³/mol. The van der Waals surface area contributed by atoms with Crippen molar-refractivity contribution in [2.75, 3.05) is 19.7 Å². The Morgan fingerprint density at radius 1 is 1.39 bits per heavy atom. The van der Waals surface area contributed by atoms with Crippen LogP contribution in [0, 0.1) is 0 Å². The number of urea groups is 1. The lowest BCUT2D eigenvalue weighted by atomic mass is 10.2. The van der Waals surface area contributed by atoms with Gasteiger partial charge < -0.3 is 15.4 Å². The van der Waals surface area contributed by atoms with E-state index in [1.54, 1.807) is 19.3 Å². The molecule has 0 aromatic carbocycles. The van der Waals surface area contributed by atoms with Gasteiger partial charge in [-0.25, -0.2) is 4.79 Å². The molecular weight excluding hydrogens is 234 g/mol. The third-order valence-corrected chi connectivity index (χ3v) is 2.12. The van der Waals surface area contributed by atoms with Crippen LogP contribution >= 0.6 is 0 Å². The van der Waals surface area contributed by atoms with E-state index in [0.29, 0.717) is 19.6 Å². The van der Waals surface area contributed by atoms with E-state index in [2.05, 4.69) is 20.4 Å². The van der Waals surface area contributed by atoms with Crippen LogP contribution in [0.1, 0.15) is 12.5 Å². The summed E-state index contributed by atoms with van der Waals surface area (Å²) in [5, 5.41) is 5.06. The van der Waals surface area contributed by atoms with Gasteiger partial charge in [-0.3, -0.25) is 9.78 Å². The zero-order valence-electron chi connectivity index (χ0n) is 10.3. The Morgan fingerprint density at radius 3 is 2.89 bits per heavy atom. The lowest BCUT2D eigenvalue weighted by molar-refractivity contribution is -0.141. The zero-order chi connectivity index (χ0) is 13.2. The van der Waals surface area contributed by atoms with Gasteiger partial charge in [-0.05, 0) is 25.0 Å². The summed E-state index contributed by atoms with van der Waals surface area (Å²) < 4.78 is 4.68. The third-order valence-electron chi connectivity index (χ3n) is 2.12. The molecule has 0 saturated carbocycles. The highest BCUT2D eigenvalue weighted by Gasteiger charge is 2.04. The molecule has 0 bridgehead atoms. The predicted octanol–water partition coefficient (Wildman–Crippen LogP) is 0.486. The van der Waals surface area contributed by atoms with Crippen molar-refractivity contribution >= 4 is 12.0 Å². The molecule has 0 aliphatic heterocycles. The molecule has 0 fully saturated rings. The van der Waals surface area contributed by atoms with Gasteiger partial charge in [-0.2, -0.15) is 0 Å². The first kappa shape index (κ1) is 14.0. The number of carbonyl (C=O) groups is 2. The molecule has 98 valence electrons. The van der Waals surface area contributed by atoms with Crippen molar-refractivity contribution in [2.24, 2.45) is 0 Å². The largest absolute Gasteiger partial charge is 0.465 e. The summed E-state index contributed by atoms with van der Waals surface area (Å²) in [5.74, 6) is -0.445. The van der Waals surface area contributed by atoms with Crippen LogP contribution < -0.4 is 10.6 Å². The number of hydrogen-bond acceptors (Lipinski definition) is 4. The van der Waals surface area contributed by atoms with Crippen molar-refractivity contribution in [3.63, 3.8) is 0 Å². The van der Waals surface area contributed by atoms with Crippen molar-refractivity contribution in [1.29, 1.82) is 0 Å². The molecule has 2 N–H and O–H groups in total. The maximum atomic E-state index is 11.3. The van der Waals surface area contributed by atoms with Gasteiger partial charge in [0.1, 0.15) is 6.54 Å². The van der Waals surface area contributed by atoms with Crippen molar-refractivity contribution < 1.29 is 14.3 Å². The second kappa shape index (κ2) is 8.05. The molecule has 0 aliphatic rings. The normalized spacial score (nSPS) is 9.61. The van der Waals surface area contributed by atoms with E-state index in [0.717, 1.165) is 5.56 Å². The Bertz CT molecular complexity index is 381. The van der Waals surface area contributed by atoms with Crippen LogP contribution in [0.15, 0.2) is 24.5 Å². The maximum Gasteiger partial charge on any atom is 0.325 e. The van der Waals surface area contributed by atoms with Gasteiger partial charge in [0.15, 0.2) is 0 Å². The monoisotopic (exact) mass is 251 g/mol. The molecule has 0 saturated heterocycles. The molecule has 2 amide bonds. The lowest BCUT2D eigenvalue weighted by Gasteiger charge is -2.07. The number of hydrogen-bond donors (Lipinski definition) is 2. The fourth-order valence-corrected chi connectivity index (χ4v) is 1.29. The van der Waals surface area contributed by atoms with Crippen molar-refractivity contribution in [2.45, 2.75) is 13.3 Å². The zero-order valence-corrected chi connectivity index (χ0v) is 10.3. The summed E-state index contributed by atoms with van der Waals surface area (Å²) in [7, 11) is 0. The number of carbonyl (C=O) groups excluding carboxylic acids is 2. The van der Waals surface area contributed by atoms with E-state index in [-0.39, 0.29) is 12.6 Å². The van der Waals surface area contributed by atoms with E-state index in [4.69, 9.17) is 0 Å². The first-order valence-corrected chi connectivity index (χ1v) is 5.78. The van der Waals surface area contributed by atoms with E-state index in [1.807, 2.05) is 12.1 Å². The van der Waals surface area contributed by atoms with Crippen LogP contribution in [0.2, 0.25) is 0 Å². The average molecular weight is 251 g/mol. The topological polar surface area (TPSA) is 80.3 Å². The van der Waals surface area contributed by atoms with Crippen LogP contribution in [-0.2, 0) is 16.0 Å². The van der Waals surface area contributed by atoms with Gasteiger partial charge in [0.05, 0.1) is 6.61 Å². The molecule has 0 radical (unpaired) electrons. The Labute approximate surface area is 106 Å². The summed E-state index contributed by atoms with van der Waals surface area (Å²) >= 11 is 0. The molecule has 1 rings (SSSR count). The Morgan fingerprint density at radius 2 is 2.22 bits per heavy atom. The van der Waals surface area contributed by atoms with Gasteiger partial charge in [0, 0.05) is 18.9 Å². The fourth-order valence-electron chi connectivity index (χ4n) is 1.29. The number of esters is 1. The van der Waals surface area contributed by atoms with Crippen LogP contribution in [0.3, 0.4) is 0 Å². The Hall–Kier alpha value is -2.11. The summed E-state index contributed by atoms with van der Waals surface area (Å²) in [5.41, 5.74) is 1.04. The number of nitrogens with one attached hydrogen (secondary N) is 2. The molecule has 6 heteroatoms. The second-order valence-electron chi connectivity index (χ2n) is 3.53. The molecule has 1 heterocycles. The standard InChI is InChI=1S/C12H17N3O3/c1-2-18-11(16)9-15-12(17)14-7-5-10-4-3-6-13-8-10/h3-4,6,8H,2,5,7,9H2,1H3,(H2,14,15,17). The summed E-state index contributed by atoms with van der Waals surface area (Å²) in [4.78, 5) is 26.2. The van der Waals surface area contributed by atoms with E-state index >= 15 is 0 Å². The van der Waals surface area contributed by atoms with Crippen molar-refractivity contribution in [3.05, 3.63) is 30.1 Å². The highest BCUT2D eigenvalue weighted by molar-refractivity contribution is 5.80. The number of rotatable bonds is 6. The molecular formula is C12H17N3O3. The van der Waals surface area contributed by atoms with Crippen LogP contribution in [0.25, 0.3) is 0 Å². The smallest absolute Gasteiger partial charge is 0.325 e.